The molecule has 0 spiro atoms. The van der Waals surface area contributed by atoms with Crippen molar-refractivity contribution >= 4 is 0 Å². The molecule has 1 heterocycles. The molecule has 1 aromatic rings. The van der Waals surface area contributed by atoms with E-state index < -0.39 is 0 Å². The lowest BCUT2D eigenvalue weighted by molar-refractivity contribution is -0.0515. The summed E-state index contributed by atoms with van der Waals surface area (Å²) in [7, 11) is 3.48. The standard InChI is InChI=1S/C15H25N3O2/c1-19-9-8-16-10-13-11-17-14(18-12-13)15(20-2)6-4-3-5-7-15/h11-12,16H,3-10H2,1-2H3. The number of hydrogen-bond donors (Lipinski definition) is 1. The van der Waals surface area contributed by atoms with Crippen LogP contribution in [-0.4, -0.2) is 37.3 Å². The highest BCUT2D eigenvalue weighted by molar-refractivity contribution is 5.10. The Kier molecular flexibility index (Phi) is 5.88. The Bertz CT molecular complexity index is 389. The molecule has 20 heavy (non-hydrogen) atoms. The van der Waals surface area contributed by atoms with Crippen LogP contribution >= 0.6 is 0 Å². The Morgan fingerprint density at radius 1 is 1.15 bits per heavy atom. The van der Waals surface area contributed by atoms with E-state index in [4.69, 9.17) is 9.47 Å². The van der Waals surface area contributed by atoms with Gasteiger partial charge < -0.3 is 14.8 Å². The van der Waals surface area contributed by atoms with E-state index >= 15 is 0 Å². The molecule has 0 aromatic carbocycles. The molecule has 0 saturated heterocycles. The van der Waals surface area contributed by atoms with Crippen LogP contribution in [0.25, 0.3) is 0 Å². The zero-order valence-electron chi connectivity index (χ0n) is 12.5. The highest BCUT2D eigenvalue weighted by atomic mass is 16.5. The minimum atomic E-state index is -0.264. The van der Waals surface area contributed by atoms with E-state index in [0.29, 0.717) is 6.61 Å². The highest BCUT2D eigenvalue weighted by Gasteiger charge is 2.36. The van der Waals surface area contributed by atoms with Crippen molar-refractivity contribution < 1.29 is 9.47 Å². The molecule has 112 valence electrons. The van der Waals surface area contributed by atoms with Gasteiger partial charge in [0, 0.05) is 45.3 Å². The zero-order chi connectivity index (χ0) is 14.3. The molecule has 2 rings (SSSR count). The normalized spacial score (nSPS) is 18.1. The average molecular weight is 279 g/mol. The molecule has 0 amide bonds. The molecule has 5 heteroatoms. The first-order valence-electron chi connectivity index (χ1n) is 7.37. The van der Waals surface area contributed by atoms with E-state index in [1.54, 1.807) is 14.2 Å². The molecule has 1 saturated carbocycles. The summed E-state index contributed by atoms with van der Waals surface area (Å²) in [6.45, 7) is 2.32. The third-order valence-corrected chi connectivity index (χ3v) is 3.98. The van der Waals surface area contributed by atoms with Crippen molar-refractivity contribution in [1.82, 2.24) is 15.3 Å². The van der Waals surface area contributed by atoms with E-state index in [1.807, 2.05) is 12.4 Å². The number of nitrogens with zero attached hydrogens (tertiary/aromatic N) is 2. The zero-order valence-corrected chi connectivity index (χ0v) is 12.5. The molecular weight excluding hydrogens is 254 g/mol. The molecule has 0 bridgehead atoms. The third-order valence-electron chi connectivity index (χ3n) is 3.98. The van der Waals surface area contributed by atoms with Crippen molar-refractivity contribution in [2.75, 3.05) is 27.4 Å². The SMILES string of the molecule is COCCNCc1cnc(C2(OC)CCCCC2)nc1. The first-order chi connectivity index (χ1) is 9.80. The summed E-state index contributed by atoms with van der Waals surface area (Å²) in [5.74, 6) is 0.834. The topological polar surface area (TPSA) is 56.3 Å². The van der Waals surface area contributed by atoms with E-state index in [2.05, 4.69) is 15.3 Å². The van der Waals surface area contributed by atoms with Gasteiger partial charge in [0.1, 0.15) is 5.60 Å². The van der Waals surface area contributed by atoms with E-state index in [-0.39, 0.29) is 5.60 Å². The van der Waals surface area contributed by atoms with Crippen molar-refractivity contribution in [3.63, 3.8) is 0 Å². The number of hydrogen-bond acceptors (Lipinski definition) is 5. The van der Waals surface area contributed by atoms with Crippen molar-refractivity contribution in [2.45, 2.75) is 44.2 Å². The second-order valence-corrected chi connectivity index (χ2v) is 5.34. The molecule has 1 aliphatic rings. The van der Waals surface area contributed by atoms with E-state index in [1.165, 1.54) is 19.3 Å². The summed E-state index contributed by atoms with van der Waals surface area (Å²) in [5, 5.41) is 3.29. The predicted molar refractivity (Wildman–Crippen MR) is 77.4 cm³/mol. The van der Waals surface area contributed by atoms with Gasteiger partial charge in [-0.2, -0.15) is 0 Å². The number of rotatable bonds is 7. The van der Waals surface area contributed by atoms with Crippen molar-refractivity contribution in [1.29, 1.82) is 0 Å². The van der Waals surface area contributed by atoms with Gasteiger partial charge >= 0.3 is 0 Å². The molecule has 0 unspecified atom stereocenters. The van der Waals surface area contributed by atoms with Crippen LogP contribution in [0.3, 0.4) is 0 Å². The lowest BCUT2D eigenvalue weighted by Gasteiger charge is -2.34. The van der Waals surface area contributed by atoms with Crippen LogP contribution in [0.1, 0.15) is 43.5 Å². The first-order valence-corrected chi connectivity index (χ1v) is 7.37. The maximum absolute atomic E-state index is 5.76. The first kappa shape index (κ1) is 15.4. The Hall–Kier alpha value is -1.04. The fraction of sp³-hybridized carbons (Fsp3) is 0.733. The second-order valence-electron chi connectivity index (χ2n) is 5.34. The maximum Gasteiger partial charge on any atom is 0.160 e. The third kappa shape index (κ3) is 3.75. The van der Waals surface area contributed by atoms with Crippen LogP contribution in [0.2, 0.25) is 0 Å². The maximum atomic E-state index is 5.76. The Balaban J connectivity index is 1.96. The molecular formula is C15H25N3O2. The summed E-state index contributed by atoms with van der Waals surface area (Å²) in [6, 6.07) is 0. The van der Waals surface area contributed by atoms with Crippen molar-refractivity contribution in [3.05, 3.63) is 23.8 Å². The molecule has 0 atom stereocenters. The fourth-order valence-corrected chi connectivity index (χ4v) is 2.73. The Morgan fingerprint density at radius 3 is 2.45 bits per heavy atom. The van der Waals surface area contributed by atoms with Crippen molar-refractivity contribution in [2.24, 2.45) is 0 Å². The van der Waals surface area contributed by atoms with Gasteiger partial charge in [-0.15, -0.1) is 0 Å². The molecule has 1 N–H and O–H groups in total. The van der Waals surface area contributed by atoms with Gasteiger partial charge in [0.15, 0.2) is 5.82 Å². The van der Waals surface area contributed by atoms with Gasteiger partial charge in [0.05, 0.1) is 6.61 Å². The summed E-state index contributed by atoms with van der Waals surface area (Å²) in [6.07, 6.45) is 9.51. The summed E-state index contributed by atoms with van der Waals surface area (Å²) < 4.78 is 10.8. The van der Waals surface area contributed by atoms with Crippen molar-refractivity contribution in [3.8, 4) is 0 Å². The summed E-state index contributed by atoms with van der Waals surface area (Å²) in [4.78, 5) is 9.07. The largest absolute Gasteiger partial charge is 0.383 e. The lowest BCUT2D eigenvalue weighted by atomic mass is 9.84. The molecule has 1 aromatic heterocycles. The molecule has 1 aliphatic carbocycles. The number of nitrogens with one attached hydrogen (secondary N) is 1. The molecule has 5 nitrogen and oxygen atoms in total. The van der Waals surface area contributed by atoms with Gasteiger partial charge in [-0.3, -0.25) is 0 Å². The number of methoxy groups -OCH3 is 2. The quantitative estimate of drug-likeness (QED) is 0.774. The summed E-state index contributed by atoms with van der Waals surface area (Å²) in [5.41, 5.74) is 0.826. The number of ether oxygens (including phenoxy) is 2. The van der Waals surface area contributed by atoms with Gasteiger partial charge in [-0.05, 0) is 12.8 Å². The van der Waals surface area contributed by atoms with Gasteiger partial charge in [0.2, 0.25) is 0 Å². The predicted octanol–water partition coefficient (Wildman–Crippen LogP) is 2.02. The van der Waals surface area contributed by atoms with E-state index in [9.17, 15) is 0 Å². The van der Waals surface area contributed by atoms with Crippen LogP contribution in [0.4, 0.5) is 0 Å². The average Bonchev–Trinajstić information content (AvgIpc) is 2.53. The lowest BCUT2D eigenvalue weighted by Crippen LogP contribution is -2.33. The molecule has 0 aliphatic heterocycles. The molecule has 1 fully saturated rings. The fourth-order valence-electron chi connectivity index (χ4n) is 2.73. The van der Waals surface area contributed by atoms with Crippen LogP contribution in [-0.2, 0) is 21.6 Å². The second kappa shape index (κ2) is 7.67. The minimum absolute atomic E-state index is 0.264. The van der Waals surface area contributed by atoms with Crippen LogP contribution in [0.15, 0.2) is 12.4 Å². The van der Waals surface area contributed by atoms with Crippen LogP contribution in [0.5, 0.6) is 0 Å². The molecule has 0 radical (unpaired) electrons. The van der Waals surface area contributed by atoms with Gasteiger partial charge in [0.25, 0.3) is 0 Å². The summed E-state index contributed by atoms with van der Waals surface area (Å²) >= 11 is 0. The smallest absolute Gasteiger partial charge is 0.160 e. The van der Waals surface area contributed by atoms with Crippen LogP contribution < -0.4 is 5.32 Å². The van der Waals surface area contributed by atoms with E-state index in [0.717, 1.165) is 37.3 Å². The monoisotopic (exact) mass is 279 g/mol. The minimum Gasteiger partial charge on any atom is -0.383 e. The Labute approximate surface area is 121 Å². The Morgan fingerprint density at radius 2 is 1.85 bits per heavy atom. The van der Waals surface area contributed by atoms with Gasteiger partial charge in [-0.1, -0.05) is 19.3 Å². The highest BCUT2D eigenvalue weighted by Crippen LogP contribution is 2.37. The van der Waals surface area contributed by atoms with Gasteiger partial charge in [-0.25, -0.2) is 9.97 Å². The van der Waals surface area contributed by atoms with Crippen LogP contribution in [0, 0.1) is 0 Å². The number of aromatic nitrogens is 2.